The summed E-state index contributed by atoms with van der Waals surface area (Å²) in [5.74, 6) is 1.11. The first-order valence-electron chi connectivity index (χ1n) is 6.41. The minimum atomic E-state index is 0.828. The number of aromatic nitrogens is 3. The van der Waals surface area contributed by atoms with E-state index in [9.17, 15) is 0 Å². The highest BCUT2D eigenvalue weighted by atomic mass is 15.0. The molecule has 0 saturated carbocycles. The summed E-state index contributed by atoms with van der Waals surface area (Å²) in [6.45, 7) is 3.91. The fraction of sp³-hybridized carbons (Fsp3) is 0.429. The van der Waals surface area contributed by atoms with Crippen LogP contribution in [-0.2, 0) is 26.4 Å². The van der Waals surface area contributed by atoms with Gasteiger partial charge in [-0.2, -0.15) is 0 Å². The van der Waals surface area contributed by atoms with Crippen LogP contribution in [0.25, 0.3) is 0 Å². The third-order valence-electron chi connectivity index (χ3n) is 3.10. The van der Waals surface area contributed by atoms with Gasteiger partial charge in [-0.15, -0.1) is 0 Å². The molecule has 0 aliphatic rings. The molecule has 0 aliphatic carbocycles. The molecule has 0 atom stereocenters. The molecule has 0 spiro atoms. The average molecular weight is 244 g/mol. The Kier molecular flexibility index (Phi) is 4.47. The quantitative estimate of drug-likeness (QED) is 0.787. The number of imidazole rings is 1. The molecule has 0 aliphatic heterocycles. The zero-order valence-corrected chi connectivity index (χ0v) is 11.1. The molecule has 0 unspecified atom stereocenters. The zero-order valence-electron chi connectivity index (χ0n) is 11.1. The lowest BCUT2D eigenvalue weighted by Crippen LogP contribution is -2.19. The van der Waals surface area contributed by atoms with Gasteiger partial charge in [-0.1, -0.05) is 13.0 Å². The first-order valence-corrected chi connectivity index (χ1v) is 6.41. The minimum absolute atomic E-state index is 0.828. The Hall–Kier alpha value is -1.68. The third kappa shape index (κ3) is 3.17. The van der Waals surface area contributed by atoms with E-state index in [0.717, 1.165) is 37.4 Å². The van der Waals surface area contributed by atoms with Gasteiger partial charge >= 0.3 is 0 Å². The fourth-order valence-corrected chi connectivity index (χ4v) is 2.00. The van der Waals surface area contributed by atoms with Crippen molar-refractivity contribution >= 4 is 0 Å². The van der Waals surface area contributed by atoms with Gasteiger partial charge in [-0.05, 0) is 18.1 Å². The molecule has 1 N–H and O–H groups in total. The van der Waals surface area contributed by atoms with Crippen LogP contribution in [0.15, 0.2) is 30.7 Å². The topological polar surface area (TPSA) is 42.7 Å². The molecule has 2 aromatic heterocycles. The van der Waals surface area contributed by atoms with Gasteiger partial charge in [-0.25, -0.2) is 4.98 Å². The molecule has 2 heterocycles. The van der Waals surface area contributed by atoms with Crippen molar-refractivity contribution < 1.29 is 0 Å². The summed E-state index contributed by atoms with van der Waals surface area (Å²) in [4.78, 5) is 8.72. The number of aryl methyl sites for hydroxylation is 2. The van der Waals surface area contributed by atoms with E-state index in [4.69, 9.17) is 0 Å². The van der Waals surface area contributed by atoms with Crippen molar-refractivity contribution in [1.82, 2.24) is 19.9 Å². The van der Waals surface area contributed by atoms with Gasteiger partial charge < -0.3 is 9.88 Å². The summed E-state index contributed by atoms with van der Waals surface area (Å²) in [7, 11) is 2.02. The van der Waals surface area contributed by atoms with Crippen molar-refractivity contribution in [1.29, 1.82) is 0 Å². The third-order valence-corrected chi connectivity index (χ3v) is 3.10. The number of nitrogens with one attached hydrogen (secondary N) is 1. The molecule has 0 bridgehead atoms. The van der Waals surface area contributed by atoms with Crippen LogP contribution in [0, 0.1) is 0 Å². The summed E-state index contributed by atoms with van der Waals surface area (Å²) in [5.41, 5.74) is 2.47. The molecule has 18 heavy (non-hydrogen) atoms. The van der Waals surface area contributed by atoms with E-state index >= 15 is 0 Å². The second-order valence-electron chi connectivity index (χ2n) is 4.34. The van der Waals surface area contributed by atoms with E-state index in [1.807, 2.05) is 31.7 Å². The van der Waals surface area contributed by atoms with Gasteiger partial charge in [0.2, 0.25) is 0 Å². The average Bonchev–Trinajstić information content (AvgIpc) is 2.81. The van der Waals surface area contributed by atoms with Crippen LogP contribution < -0.4 is 5.32 Å². The lowest BCUT2D eigenvalue weighted by molar-refractivity contribution is 0.643. The Morgan fingerprint density at radius 2 is 2.17 bits per heavy atom. The first kappa shape index (κ1) is 12.8. The standard InChI is InChI=1S/C14H20N4/c1-3-12-5-4-7-16-13(12)11-15-8-6-14-17-9-10-18(14)2/h4-5,7,9-10,15H,3,6,8,11H2,1-2H3. The predicted molar refractivity (Wildman–Crippen MR) is 72.2 cm³/mol. The summed E-state index contributed by atoms with van der Waals surface area (Å²) in [6, 6.07) is 4.14. The van der Waals surface area contributed by atoms with E-state index in [2.05, 4.69) is 32.8 Å². The molecule has 0 fully saturated rings. The van der Waals surface area contributed by atoms with Crippen molar-refractivity contribution in [3.05, 3.63) is 47.8 Å². The SMILES string of the molecule is CCc1cccnc1CNCCc1nccn1C. The number of pyridine rings is 1. The largest absolute Gasteiger partial charge is 0.338 e. The van der Waals surface area contributed by atoms with Crippen LogP contribution in [0.2, 0.25) is 0 Å². The van der Waals surface area contributed by atoms with Gasteiger partial charge in [0.15, 0.2) is 0 Å². The van der Waals surface area contributed by atoms with Crippen LogP contribution in [0.5, 0.6) is 0 Å². The van der Waals surface area contributed by atoms with E-state index in [1.54, 1.807) is 0 Å². The summed E-state index contributed by atoms with van der Waals surface area (Å²) < 4.78 is 2.06. The number of hydrogen-bond donors (Lipinski definition) is 1. The highest BCUT2D eigenvalue weighted by Gasteiger charge is 2.02. The molecule has 4 nitrogen and oxygen atoms in total. The monoisotopic (exact) mass is 244 g/mol. The van der Waals surface area contributed by atoms with Gasteiger partial charge in [0, 0.05) is 45.1 Å². The zero-order chi connectivity index (χ0) is 12.8. The van der Waals surface area contributed by atoms with Crippen molar-refractivity contribution in [2.24, 2.45) is 7.05 Å². The summed E-state index contributed by atoms with van der Waals surface area (Å²) in [6.07, 6.45) is 7.64. The van der Waals surface area contributed by atoms with Gasteiger partial charge in [-0.3, -0.25) is 4.98 Å². The Morgan fingerprint density at radius 1 is 1.28 bits per heavy atom. The maximum atomic E-state index is 4.42. The molecule has 4 heteroatoms. The number of nitrogens with zero attached hydrogens (tertiary/aromatic N) is 3. The number of hydrogen-bond acceptors (Lipinski definition) is 3. The fourth-order valence-electron chi connectivity index (χ4n) is 2.00. The van der Waals surface area contributed by atoms with E-state index in [1.165, 1.54) is 5.56 Å². The van der Waals surface area contributed by atoms with Crippen molar-refractivity contribution in [2.45, 2.75) is 26.3 Å². The lowest BCUT2D eigenvalue weighted by atomic mass is 10.1. The molecular formula is C14H20N4. The molecular weight excluding hydrogens is 224 g/mol. The van der Waals surface area contributed by atoms with Crippen molar-refractivity contribution in [2.75, 3.05) is 6.54 Å². The van der Waals surface area contributed by atoms with Crippen LogP contribution in [-0.4, -0.2) is 21.1 Å². The second kappa shape index (κ2) is 6.31. The second-order valence-corrected chi connectivity index (χ2v) is 4.34. The maximum absolute atomic E-state index is 4.42. The number of rotatable bonds is 6. The van der Waals surface area contributed by atoms with Gasteiger partial charge in [0.05, 0.1) is 5.69 Å². The molecule has 2 rings (SSSR count). The van der Waals surface area contributed by atoms with Crippen molar-refractivity contribution in [3.63, 3.8) is 0 Å². The lowest BCUT2D eigenvalue weighted by Gasteiger charge is -2.08. The van der Waals surface area contributed by atoms with Crippen molar-refractivity contribution in [3.8, 4) is 0 Å². The van der Waals surface area contributed by atoms with Crippen LogP contribution >= 0.6 is 0 Å². The Bertz CT molecular complexity index is 490. The van der Waals surface area contributed by atoms with E-state index in [0.29, 0.717) is 0 Å². The normalized spacial score (nSPS) is 10.8. The smallest absolute Gasteiger partial charge is 0.109 e. The molecule has 0 aromatic carbocycles. The highest BCUT2D eigenvalue weighted by Crippen LogP contribution is 2.05. The van der Waals surface area contributed by atoms with Crippen LogP contribution in [0.1, 0.15) is 24.0 Å². The van der Waals surface area contributed by atoms with Crippen LogP contribution in [0.3, 0.4) is 0 Å². The highest BCUT2D eigenvalue weighted by molar-refractivity contribution is 5.19. The predicted octanol–water partition coefficient (Wildman–Crippen LogP) is 1.71. The molecule has 0 amide bonds. The molecule has 0 radical (unpaired) electrons. The van der Waals surface area contributed by atoms with E-state index < -0.39 is 0 Å². The maximum Gasteiger partial charge on any atom is 0.109 e. The molecule has 96 valence electrons. The molecule has 0 saturated heterocycles. The molecule has 2 aromatic rings. The summed E-state index contributed by atoms with van der Waals surface area (Å²) in [5, 5.41) is 3.43. The van der Waals surface area contributed by atoms with Gasteiger partial charge in [0.25, 0.3) is 0 Å². The van der Waals surface area contributed by atoms with Gasteiger partial charge in [0.1, 0.15) is 5.82 Å². The Labute approximate surface area is 108 Å². The minimum Gasteiger partial charge on any atom is -0.338 e. The Balaban J connectivity index is 1.80. The first-order chi connectivity index (χ1) is 8.81. The van der Waals surface area contributed by atoms with E-state index in [-0.39, 0.29) is 0 Å². The Morgan fingerprint density at radius 3 is 2.89 bits per heavy atom. The van der Waals surface area contributed by atoms with Crippen LogP contribution in [0.4, 0.5) is 0 Å². The summed E-state index contributed by atoms with van der Waals surface area (Å²) >= 11 is 0.